The molecule has 2 unspecified atom stereocenters. The zero-order valence-electron chi connectivity index (χ0n) is 13.2. The Kier molecular flexibility index (Phi) is 5.62. The normalized spacial score (nSPS) is 22.2. The summed E-state index contributed by atoms with van der Waals surface area (Å²) in [6.07, 6.45) is 1.63. The predicted molar refractivity (Wildman–Crippen MR) is 84.1 cm³/mol. The molecule has 0 bridgehead atoms. The van der Waals surface area contributed by atoms with Gasteiger partial charge in [0.25, 0.3) is 0 Å². The van der Waals surface area contributed by atoms with E-state index in [0.29, 0.717) is 17.7 Å². The summed E-state index contributed by atoms with van der Waals surface area (Å²) >= 11 is 6.33. The second kappa shape index (κ2) is 7.07. The molecule has 7 heteroatoms. The van der Waals surface area contributed by atoms with Gasteiger partial charge in [-0.1, -0.05) is 11.6 Å². The molecule has 0 radical (unpaired) electrons. The summed E-state index contributed by atoms with van der Waals surface area (Å²) in [6.45, 7) is 11.0. The third kappa shape index (κ3) is 3.57. The first-order valence-electron chi connectivity index (χ1n) is 7.50. The van der Waals surface area contributed by atoms with E-state index in [2.05, 4.69) is 43.1 Å². The topological polar surface area (TPSA) is 68.3 Å². The van der Waals surface area contributed by atoms with Crippen molar-refractivity contribution >= 4 is 11.6 Å². The molecule has 1 aromatic rings. The van der Waals surface area contributed by atoms with Crippen LogP contribution in [0, 0.1) is 0 Å². The molecule has 0 aliphatic carbocycles. The van der Waals surface area contributed by atoms with Gasteiger partial charge in [0.1, 0.15) is 0 Å². The highest BCUT2D eigenvalue weighted by Gasteiger charge is 2.33. The number of morpholine rings is 1. The Labute approximate surface area is 131 Å². The van der Waals surface area contributed by atoms with Gasteiger partial charge >= 0.3 is 0 Å². The van der Waals surface area contributed by atoms with Crippen LogP contribution in [0.5, 0.6) is 0 Å². The molecule has 0 saturated carbocycles. The van der Waals surface area contributed by atoms with Crippen LogP contribution in [0.3, 0.4) is 0 Å². The molecule has 0 spiro atoms. The molecule has 6 nitrogen and oxygen atoms in total. The molecule has 1 aromatic heterocycles. The van der Waals surface area contributed by atoms with Crippen molar-refractivity contribution in [1.82, 2.24) is 20.1 Å². The van der Waals surface area contributed by atoms with Crippen molar-refractivity contribution in [2.75, 3.05) is 19.7 Å². The molecule has 1 saturated heterocycles. The lowest BCUT2D eigenvalue weighted by atomic mass is 10.0. The third-order valence-corrected chi connectivity index (χ3v) is 4.27. The van der Waals surface area contributed by atoms with E-state index in [1.807, 2.05) is 4.68 Å². The van der Waals surface area contributed by atoms with Crippen molar-refractivity contribution in [3.05, 3.63) is 16.9 Å². The Bertz CT molecular complexity index is 462. The summed E-state index contributed by atoms with van der Waals surface area (Å²) in [5.41, 5.74) is 3.77. The van der Waals surface area contributed by atoms with Gasteiger partial charge in [-0.05, 0) is 27.7 Å². The second-order valence-corrected chi connectivity index (χ2v) is 6.47. The smallest absolute Gasteiger partial charge is 0.0925 e. The molecule has 0 aromatic carbocycles. The van der Waals surface area contributed by atoms with Crippen LogP contribution in [-0.2, 0) is 4.74 Å². The van der Waals surface area contributed by atoms with Crippen molar-refractivity contribution in [1.29, 1.82) is 0 Å². The minimum absolute atomic E-state index is 0.0437. The molecule has 1 fully saturated rings. The SMILES string of the molecule is CC(C)N1CCOC(C(NN)c2c(Cl)cnn2C(C)C)C1. The second-order valence-electron chi connectivity index (χ2n) is 6.06. The molecule has 2 atom stereocenters. The van der Waals surface area contributed by atoms with Crippen LogP contribution < -0.4 is 11.3 Å². The molecule has 21 heavy (non-hydrogen) atoms. The van der Waals surface area contributed by atoms with Crippen LogP contribution in [0.1, 0.15) is 45.5 Å². The van der Waals surface area contributed by atoms with E-state index in [9.17, 15) is 0 Å². The number of hydrogen-bond donors (Lipinski definition) is 2. The Morgan fingerprint density at radius 3 is 2.67 bits per heavy atom. The van der Waals surface area contributed by atoms with E-state index < -0.39 is 0 Å². The molecular formula is C14H26ClN5O. The average Bonchev–Trinajstić information content (AvgIpc) is 2.82. The van der Waals surface area contributed by atoms with Gasteiger partial charge in [-0.2, -0.15) is 5.10 Å². The van der Waals surface area contributed by atoms with Crippen molar-refractivity contribution < 1.29 is 4.74 Å². The first kappa shape index (κ1) is 16.7. The van der Waals surface area contributed by atoms with E-state index >= 15 is 0 Å². The minimum Gasteiger partial charge on any atom is -0.373 e. The van der Waals surface area contributed by atoms with Crippen LogP contribution in [0.25, 0.3) is 0 Å². The summed E-state index contributed by atoms with van der Waals surface area (Å²) in [4.78, 5) is 2.39. The Morgan fingerprint density at radius 1 is 1.38 bits per heavy atom. The molecule has 120 valence electrons. The summed E-state index contributed by atoms with van der Waals surface area (Å²) in [5.74, 6) is 5.81. The van der Waals surface area contributed by atoms with Gasteiger partial charge in [0.15, 0.2) is 0 Å². The molecular weight excluding hydrogens is 290 g/mol. The van der Waals surface area contributed by atoms with Crippen molar-refractivity contribution in [2.24, 2.45) is 5.84 Å². The number of ether oxygens (including phenoxy) is 1. The van der Waals surface area contributed by atoms with E-state index in [0.717, 1.165) is 18.8 Å². The summed E-state index contributed by atoms with van der Waals surface area (Å²) in [7, 11) is 0. The number of rotatable bonds is 5. The zero-order chi connectivity index (χ0) is 15.6. The van der Waals surface area contributed by atoms with Gasteiger partial charge in [-0.3, -0.25) is 15.4 Å². The Morgan fingerprint density at radius 2 is 2.10 bits per heavy atom. The number of hydrogen-bond acceptors (Lipinski definition) is 5. The number of nitrogens with one attached hydrogen (secondary N) is 1. The van der Waals surface area contributed by atoms with Gasteiger partial charge in [0.05, 0.1) is 35.7 Å². The molecule has 1 aliphatic rings. The number of aromatic nitrogens is 2. The molecule has 3 N–H and O–H groups in total. The maximum Gasteiger partial charge on any atom is 0.0925 e. The minimum atomic E-state index is -0.177. The van der Waals surface area contributed by atoms with Crippen molar-refractivity contribution in [3.8, 4) is 0 Å². The van der Waals surface area contributed by atoms with E-state index in [1.54, 1.807) is 6.20 Å². The maximum absolute atomic E-state index is 6.33. The first-order chi connectivity index (χ1) is 9.95. The molecule has 0 amide bonds. The average molecular weight is 316 g/mol. The highest BCUT2D eigenvalue weighted by Crippen LogP contribution is 2.30. The van der Waals surface area contributed by atoms with Crippen LogP contribution >= 0.6 is 11.6 Å². The third-order valence-electron chi connectivity index (χ3n) is 3.98. The van der Waals surface area contributed by atoms with E-state index in [4.69, 9.17) is 22.2 Å². The quantitative estimate of drug-likeness (QED) is 0.640. The van der Waals surface area contributed by atoms with Crippen LogP contribution in [0.15, 0.2) is 6.20 Å². The lowest BCUT2D eigenvalue weighted by Gasteiger charge is -2.39. The Balaban J connectivity index is 2.25. The van der Waals surface area contributed by atoms with Gasteiger partial charge in [0.2, 0.25) is 0 Å². The fraction of sp³-hybridized carbons (Fsp3) is 0.786. The van der Waals surface area contributed by atoms with Crippen molar-refractivity contribution in [3.63, 3.8) is 0 Å². The van der Waals surface area contributed by atoms with Gasteiger partial charge in [0, 0.05) is 25.2 Å². The summed E-state index contributed by atoms with van der Waals surface area (Å²) in [6, 6.07) is 0.525. The van der Waals surface area contributed by atoms with Crippen LogP contribution in [0.2, 0.25) is 5.02 Å². The molecule has 2 heterocycles. The number of nitrogens with zero attached hydrogens (tertiary/aromatic N) is 3. The van der Waals surface area contributed by atoms with Gasteiger partial charge in [-0.15, -0.1) is 0 Å². The molecule has 1 aliphatic heterocycles. The Hall–Kier alpha value is -0.660. The molecule has 2 rings (SSSR count). The summed E-state index contributed by atoms with van der Waals surface area (Å²) < 4.78 is 7.85. The first-order valence-corrected chi connectivity index (χ1v) is 7.88. The fourth-order valence-corrected chi connectivity index (χ4v) is 3.03. The maximum atomic E-state index is 6.33. The summed E-state index contributed by atoms with van der Waals surface area (Å²) in [5, 5.41) is 4.98. The van der Waals surface area contributed by atoms with Crippen LogP contribution in [0.4, 0.5) is 0 Å². The van der Waals surface area contributed by atoms with Gasteiger partial charge < -0.3 is 4.74 Å². The van der Waals surface area contributed by atoms with Gasteiger partial charge in [-0.25, -0.2) is 5.43 Å². The lowest BCUT2D eigenvalue weighted by molar-refractivity contribution is -0.0574. The highest BCUT2D eigenvalue weighted by molar-refractivity contribution is 6.31. The van der Waals surface area contributed by atoms with E-state index in [1.165, 1.54) is 0 Å². The zero-order valence-corrected chi connectivity index (χ0v) is 14.0. The largest absolute Gasteiger partial charge is 0.373 e. The fourth-order valence-electron chi connectivity index (χ4n) is 2.78. The number of hydrazine groups is 1. The predicted octanol–water partition coefficient (Wildman–Crippen LogP) is 1.73. The van der Waals surface area contributed by atoms with E-state index in [-0.39, 0.29) is 18.2 Å². The number of halogens is 1. The monoisotopic (exact) mass is 315 g/mol. The number of nitrogens with two attached hydrogens (primary N) is 1. The lowest BCUT2D eigenvalue weighted by Crippen LogP contribution is -2.51. The van der Waals surface area contributed by atoms with Crippen molar-refractivity contribution in [2.45, 2.75) is 51.9 Å². The van der Waals surface area contributed by atoms with Crippen LogP contribution in [-0.4, -0.2) is 46.5 Å². The highest BCUT2D eigenvalue weighted by atomic mass is 35.5. The standard InChI is InChI=1S/C14H26ClN5O/c1-9(2)19-5-6-21-12(8-19)13(18-16)14-11(15)7-17-20(14)10(3)4/h7,9-10,12-13,18H,5-6,8,16H2,1-4H3.